The minimum Gasteiger partial charge on any atom is -0.394 e. The van der Waals surface area contributed by atoms with E-state index in [1.54, 1.807) is 4.90 Å². The Balaban J connectivity index is 1.50. The van der Waals surface area contributed by atoms with Crippen molar-refractivity contribution in [3.05, 3.63) is 65.7 Å². The largest absolute Gasteiger partial charge is 0.394 e. The second-order valence-electron chi connectivity index (χ2n) is 8.41. The molecule has 1 N–H and O–H groups in total. The molecule has 2 aliphatic heterocycles. The maximum Gasteiger partial charge on any atom is 0.254 e. The van der Waals surface area contributed by atoms with E-state index < -0.39 is 0 Å². The lowest BCUT2D eigenvalue weighted by Crippen LogP contribution is -2.71. The quantitative estimate of drug-likeness (QED) is 0.876. The van der Waals surface area contributed by atoms with Gasteiger partial charge in [-0.15, -0.1) is 0 Å². The molecular formula is C24H26N2O3. The number of carbonyl (C=O) groups is 2. The lowest BCUT2D eigenvalue weighted by atomic mass is 9.71. The van der Waals surface area contributed by atoms with Crippen LogP contribution in [0.2, 0.25) is 0 Å². The summed E-state index contributed by atoms with van der Waals surface area (Å²) in [6.45, 7) is 0.427. The first-order valence-electron chi connectivity index (χ1n) is 10.6. The van der Waals surface area contributed by atoms with Gasteiger partial charge < -0.3 is 14.9 Å². The number of benzene rings is 2. The predicted octanol–water partition coefficient (Wildman–Crippen LogP) is 3.19. The number of amides is 2. The third-order valence-electron chi connectivity index (χ3n) is 6.91. The number of anilines is 1. The molecule has 2 fully saturated rings. The highest BCUT2D eigenvalue weighted by atomic mass is 16.3. The molecule has 3 aliphatic rings. The molecule has 2 aromatic rings. The van der Waals surface area contributed by atoms with Gasteiger partial charge in [-0.05, 0) is 36.6 Å². The van der Waals surface area contributed by atoms with Crippen LogP contribution in [0, 0.1) is 5.92 Å². The van der Waals surface area contributed by atoms with Gasteiger partial charge in [0.15, 0.2) is 0 Å². The third kappa shape index (κ3) is 2.87. The van der Waals surface area contributed by atoms with Crippen LogP contribution in [0.5, 0.6) is 0 Å². The van der Waals surface area contributed by atoms with E-state index >= 15 is 0 Å². The van der Waals surface area contributed by atoms with Gasteiger partial charge >= 0.3 is 0 Å². The van der Waals surface area contributed by atoms with Gasteiger partial charge in [0, 0.05) is 29.6 Å². The highest BCUT2D eigenvalue weighted by Crippen LogP contribution is 2.49. The summed E-state index contributed by atoms with van der Waals surface area (Å²) in [6, 6.07) is 16.9. The van der Waals surface area contributed by atoms with Crippen LogP contribution in [0.1, 0.15) is 47.5 Å². The zero-order valence-corrected chi connectivity index (χ0v) is 16.4. The Hall–Kier alpha value is -2.66. The fraction of sp³-hybridized carbons (Fsp3) is 0.417. The first-order chi connectivity index (χ1) is 14.2. The SMILES string of the molecule is O=C(C1CCCC1)N1C[C@H]2[C@@H](c3ccccc31)[C@@H](CO)N2C(=O)c1ccccc1. The number of fused-ring (bicyclic) bond motifs is 3. The van der Waals surface area contributed by atoms with Gasteiger partial charge in [0.05, 0.1) is 18.7 Å². The second kappa shape index (κ2) is 7.30. The van der Waals surface area contributed by atoms with Crippen molar-refractivity contribution in [1.29, 1.82) is 0 Å². The number of aliphatic hydroxyl groups excluding tert-OH is 1. The van der Waals surface area contributed by atoms with E-state index in [1.165, 1.54) is 0 Å². The Labute approximate surface area is 170 Å². The van der Waals surface area contributed by atoms with Crippen molar-refractivity contribution in [1.82, 2.24) is 4.90 Å². The molecule has 150 valence electrons. The van der Waals surface area contributed by atoms with E-state index in [1.807, 2.05) is 59.5 Å². The molecule has 1 saturated heterocycles. The maximum atomic E-state index is 13.3. The first-order valence-corrected chi connectivity index (χ1v) is 10.6. The summed E-state index contributed by atoms with van der Waals surface area (Å²) in [5.74, 6) is 0.273. The monoisotopic (exact) mass is 390 g/mol. The predicted molar refractivity (Wildman–Crippen MR) is 111 cm³/mol. The summed E-state index contributed by atoms with van der Waals surface area (Å²) in [5, 5.41) is 10.1. The van der Waals surface area contributed by atoms with Crippen molar-refractivity contribution >= 4 is 17.5 Å². The second-order valence-corrected chi connectivity index (χ2v) is 8.41. The average molecular weight is 390 g/mol. The lowest BCUT2D eigenvalue weighted by Gasteiger charge is -2.59. The summed E-state index contributed by atoms with van der Waals surface area (Å²) < 4.78 is 0. The summed E-state index contributed by atoms with van der Waals surface area (Å²) >= 11 is 0. The molecule has 2 aromatic carbocycles. The van der Waals surface area contributed by atoms with Crippen LogP contribution in [0.4, 0.5) is 5.69 Å². The van der Waals surface area contributed by atoms with E-state index in [-0.39, 0.29) is 42.3 Å². The molecule has 29 heavy (non-hydrogen) atoms. The van der Waals surface area contributed by atoms with Crippen molar-refractivity contribution in [2.45, 2.75) is 43.7 Å². The lowest BCUT2D eigenvalue weighted by molar-refractivity contribution is -0.123. The number of rotatable bonds is 3. The molecule has 5 heteroatoms. The van der Waals surface area contributed by atoms with Crippen LogP contribution in [-0.4, -0.2) is 47.1 Å². The molecule has 5 nitrogen and oxygen atoms in total. The summed E-state index contributed by atoms with van der Waals surface area (Å²) in [4.78, 5) is 30.2. The van der Waals surface area contributed by atoms with Crippen LogP contribution in [-0.2, 0) is 4.79 Å². The Morgan fingerprint density at radius 1 is 0.966 bits per heavy atom. The van der Waals surface area contributed by atoms with E-state index in [2.05, 4.69) is 0 Å². The highest BCUT2D eigenvalue weighted by Gasteiger charge is 2.55. The molecule has 2 heterocycles. The van der Waals surface area contributed by atoms with Gasteiger partial charge in [-0.1, -0.05) is 49.2 Å². The summed E-state index contributed by atoms with van der Waals surface area (Å²) in [7, 11) is 0. The van der Waals surface area contributed by atoms with E-state index in [0.29, 0.717) is 12.1 Å². The molecule has 2 amide bonds. The van der Waals surface area contributed by atoms with Crippen molar-refractivity contribution < 1.29 is 14.7 Å². The normalized spacial score (nSPS) is 25.9. The number of likely N-dealkylation sites (tertiary alicyclic amines) is 1. The number of nitrogens with zero attached hydrogens (tertiary/aromatic N) is 2. The fourth-order valence-electron chi connectivity index (χ4n) is 5.50. The molecular weight excluding hydrogens is 364 g/mol. The Bertz CT molecular complexity index is 923. The molecule has 0 unspecified atom stereocenters. The summed E-state index contributed by atoms with van der Waals surface area (Å²) in [5.41, 5.74) is 2.65. The Morgan fingerprint density at radius 3 is 2.38 bits per heavy atom. The molecule has 0 aromatic heterocycles. The zero-order chi connectivity index (χ0) is 20.0. The standard InChI is InChI=1S/C24H26N2O3/c27-15-21-22-18-12-6-7-13-19(18)25(23(28)16-10-4-5-11-16)14-20(22)26(21)24(29)17-8-2-1-3-9-17/h1-3,6-9,12-13,16,20-22,27H,4-5,10-11,14-15H2/t20-,21+,22+/m0/s1. The fourth-order valence-corrected chi connectivity index (χ4v) is 5.50. The van der Waals surface area contributed by atoms with Crippen molar-refractivity contribution in [2.75, 3.05) is 18.1 Å². The molecule has 0 bridgehead atoms. The summed E-state index contributed by atoms with van der Waals surface area (Å²) in [6.07, 6.45) is 4.14. The first kappa shape index (κ1) is 18.4. The Morgan fingerprint density at radius 2 is 1.66 bits per heavy atom. The van der Waals surface area contributed by atoms with Crippen molar-refractivity contribution in [2.24, 2.45) is 5.92 Å². The average Bonchev–Trinajstić information content (AvgIpc) is 3.29. The minimum absolute atomic E-state index is 0.0662. The Kier molecular flexibility index (Phi) is 4.63. The number of para-hydroxylation sites is 1. The van der Waals surface area contributed by atoms with Crippen LogP contribution in [0.15, 0.2) is 54.6 Å². The number of hydrogen-bond acceptors (Lipinski definition) is 3. The van der Waals surface area contributed by atoms with Gasteiger partial charge in [0.2, 0.25) is 5.91 Å². The van der Waals surface area contributed by atoms with Gasteiger partial charge in [-0.2, -0.15) is 0 Å². The zero-order valence-electron chi connectivity index (χ0n) is 16.4. The smallest absolute Gasteiger partial charge is 0.254 e. The topological polar surface area (TPSA) is 60.9 Å². The van der Waals surface area contributed by atoms with Crippen LogP contribution < -0.4 is 4.90 Å². The molecule has 1 aliphatic carbocycles. The van der Waals surface area contributed by atoms with Gasteiger partial charge in [0.25, 0.3) is 5.91 Å². The number of hydrogen-bond donors (Lipinski definition) is 1. The molecule has 1 saturated carbocycles. The van der Waals surface area contributed by atoms with Crippen LogP contribution in [0.25, 0.3) is 0 Å². The third-order valence-corrected chi connectivity index (χ3v) is 6.91. The highest BCUT2D eigenvalue weighted by molar-refractivity contribution is 5.99. The van der Waals surface area contributed by atoms with Crippen LogP contribution >= 0.6 is 0 Å². The van der Waals surface area contributed by atoms with E-state index in [4.69, 9.17) is 0 Å². The minimum atomic E-state index is -0.252. The van der Waals surface area contributed by atoms with Gasteiger partial charge in [0.1, 0.15) is 0 Å². The molecule has 0 radical (unpaired) electrons. The number of carbonyl (C=O) groups excluding carboxylic acids is 2. The van der Waals surface area contributed by atoms with Crippen molar-refractivity contribution in [3.8, 4) is 0 Å². The molecule has 5 rings (SSSR count). The maximum absolute atomic E-state index is 13.3. The molecule has 0 spiro atoms. The van der Waals surface area contributed by atoms with Crippen LogP contribution in [0.3, 0.4) is 0 Å². The van der Waals surface area contributed by atoms with Gasteiger partial charge in [-0.3, -0.25) is 9.59 Å². The molecule has 3 atom stereocenters. The van der Waals surface area contributed by atoms with E-state index in [0.717, 1.165) is 36.9 Å². The number of aliphatic hydroxyl groups is 1. The van der Waals surface area contributed by atoms with Gasteiger partial charge in [-0.25, -0.2) is 0 Å². The van der Waals surface area contributed by atoms with Crippen molar-refractivity contribution in [3.63, 3.8) is 0 Å². The van der Waals surface area contributed by atoms with E-state index in [9.17, 15) is 14.7 Å².